The van der Waals surface area contributed by atoms with Crippen molar-refractivity contribution in [3.63, 3.8) is 0 Å². The number of benzene rings is 1. The Labute approximate surface area is 208 Å². The number of fused-ring (bicyclic) bond motifs is 3. The van der Waals surface area contributed by atoms with Crippen LogP contribution >= 0.6 is 34.5 Å². The van der Waals surface area contributed by atoms with Gasteiger partial charge in [0, 0.05) is 43.0 Å². The highest BCUT2D eigenvalue weighted by Gasteiger charge is 2.28. The van der Waals surface area contributed by atoms with Gasteiger partial charge in [0.1, 0.15) is 16.5 Å². The first-order valence-corrected chi connectivity index (χ1v) is 13.4. The van der Waals surface area contributed by atoms with Gasteiger partial charge in [-0.3, -0.25) is 4.79 Å². The SMILES string of the molecule is CCCCc1nc(N2CCN(C(=O)c3ccc(Cl)c(Cl)c3)CC2)c2c3c(sc2n1)CCCC3. The van der Waals surface area contributed by atoms with Crippen LogP contribution < -0.4 is 4.90 Å². The number of thiophene rings is 1. The third-order valence-electron chi connectivity index (χ3n) is 6.63. The number of aromatic nitrogens is 2. The van der Waals surface area contributed by atoms with Crippen molar-refractivity contribution in [3.05, 3.63) is 50.1 Å². The number of hydrogen-bond acceptors (Lipinski definition) is 5. The number of nitrogens with zero attached hydrogens (tertiary/aromatic N) is 4. The smallest absolute Gasteiger partial charge is 0.254 e. The number of hydrogen-bond donors (Lipinski definition) is 0. The molecule has 0 bridgehead atoms. The molecule has 1 aromatic carbocycles. The van der Waals surface area contributed by atoms with Crippen molar-refractivity contribution >= 4 is 56.5 Å². The maximum Gasteiger partial charge on any atom is 0.254 e. The first kappa shape index (κ1) is 22.9. The van der Waals surface area contributed by atoms with Gasteiger partial charge in [0.15, 0.2) is 0 Å². The molecule has 3 heterocycles. The molecular formula is C25H28Cl2N4OS. The van der Waals surface area contributed by atoms with Crippen LogP contribution in [-0.2, 0) is 19.3 Å². The van der Waals surface area contributed by atoms with Gasteiger partial charge in [-0.1, -0.05) is 36.5 Å². The fourth-order valence-electron chi connectivity index (χ4n) is 4.79. The highest BCUT2D eigenvalue weighted by molar-refractivity contribution is 7.19. The van der Waals surface area contributed by atoms with Crippen molar-refractivity contribution in [1.82, 2.24) is 14.9 Å². The summed E-state index contributed by atoms with van der Waals surface area (Å²) in [5.41, 5.74) is 2.05. The number of carbonyl (C=O) groups is 1. The van der Waals surface area contributed by atoms with Gasteiger partial charge in [0.25, 0.3) is 5.91 Å². The lowest BCUT2D eigenvalue weighted by Crippen LogP contribution is -2.49. The summed E-state index contributed by atoms with van der Waals surface area (Å²) in [7, 11) is 0. The van der Waals surface area contributed by atoms with Gasteiger partial charge >= 0.3 is 0 Å². The predicted octanol–water partition coefficient (Wildman–Crippen LogP) is 6.18. The number of rotatable bonds is 5. The Kier molecular flexibility index (Phi) is 6.77. The van der Waals surface area contributed by atoms with Crippen LogP contribution in [0.1, 0.15) is 59.2 Å². The van der Waals surface area contributed by atoms with E-state index in [0.717, 1.165) is 61.7 Å². The maximum absolute atomic E-state index is 13.0. The average molecular weight is 503 g/mol. The number of halogens is 2. The van der Waals surface area contributed by atoms with E-state index in [1.807, 2.05) is 16.2 Å². The van der Waals surface area contributed by atoms with Gasteiger partial charge in [-0.25, -0.2) is 9.97 Å². The van der Waals surface area contributed by atoms with Gasteiger partial charge in [-0.2, -0.15) is 0 Å². The summed E-state index contributed by atoms with van der Waals surface area (Å²) in [6.45, 7) is 5.03. The van der Waals surface area contributed by atoms with Crippen LogP contribution in [0.3, 0.4) is 0 Å². The Balaban J connectivity index is 1.40. The summed E-state index contributed by atoms with van der Waals surface area (Å²) in [4.78, 5) is 30.0. The quantitative estimate of drug-likeness (QED) is 0.417. The monoisotopic (exact) mass is 502 g/mol. The van der Waals surface area contributed by atoms with Gasteiger partial charge in [0.05, 0.1) is 15.4 Å². The molecular weight excluding hydrogens is 475 g/mol. The highest BCUT2D eigenvalue weighted by Crippen LogP contribution is 2.40. The third-order valence-corrected chi connectivity index (χ3v) is 8.55. The third kappa shape index (κ3) is 4.58. The van der Waals surface area contributed by atoms with Crippen LogP contribution in [0, 0.1) is 0 Å². The molecule has 0 spiro atoms. The lowest BCUT2D eigenvalue weighted by Gasteiger charge is -2.36. The minimum atomic E-state index is -0.00222. The number of aryl methyl sites for hydroxylation is 3. The van der Waals surface area contributed by atoms with E-state index >= 15 is 0 Å². The molecule has 174 valence electrons. The van der Waals surface area contributed by atoms with Crippen molar-refractivity contribution in [1.29, 1.82) is 0 Å². The molecule has 1 amide bonds. The van der Waals surface area contributed by atoms with E-state index in [9.17, 15) is 4.79 Å². The molecule has 0 saturated carbocycles. The van der Waals surface area contributed by atoms with Crippen LogP contribution in [-0.4, -0.2) is 47.0 Å². The molecule has 1 aliphatic heterocycles. The second-order valence-corrected chi connectivity index (χ2v) is 10.8. The van der Waals surface area contributed by atoms with Gasteiger partial charge < -0.3 is 9.80 Å². The number of unbranched alkanes of at least 4 members (excludes halogenated alkanes) is 1. The largest absolute Gasteiger partial charge is 0.352 e. The topological polar surface area (TPSA) is 49.3 Å². The summed E-state index contributed by atoms with van der Waals surface area (Å²) < 4.78 is 0. The summed E-state index contributed by atoms with van der Waals surface area (Å²) in [5.74, 6) is 2.02. The Bertz CT molecular complexity index is 1190. The van der Waals surface area contributed by atoms with Gasteiger partial charge in [0.2, 0.25) is 0 Å². The van der Waals surface area contributed by atoms with E-state index in [4.69, 9.17) is 33.2 Å². The second-order valence-electron chi connectivity index (χ2n) is 8.87. The Morgan fingerprint density at radius 3 is 2.61 bits per heavy atom. The molecule has 3 aromatic rings. The molecule has 1 saturated heterocycles. The van der Waals surface area contributed by atoms with Crippen LogP contribution in [0.4, 0.5) is 5.82 Å². The van der Waals surface area contributed by atoms with Crippen molar-refractivity contribution in [3.8, 4) is 0 Å². The first-order valence-electron chi connectivity index (χ1n) is 11.9. The minimum Gasteiger partial charge on any atom is -0.352 e. The van der Waals surface area contributed by atoms with Crippen LogP contribution in [0.25, 0.3) is 10.2 Å². The van der Waals surface area contributed by atoms with Crippen LogP contribution in [0.2, 0.25) is 10.0 Å². The molecule has 8 heteroatoms. The fourth-order valence-corrected chi connectivity index (χ4v) is 6.36. The molecule has 1 fully saturated rings. The van der Waals surface area contributed by atoms with E-state index in [2.05, 4.69) is 11.8 Å². The molecule has 5 rings (SSSR count). The van der Waals surface area contributed by atoms with Crippen molar-refractivity contribution in [2.75, 3.05) is 31.1 Å². The average Bonchev–Trinajstić information content (AvgIpc) is 3.22. The summed E-state index contributed by atoms with van der Waals surface area (Å²) >= 11 is 14.0. The molecule has 2 aromatic heterocycles. The van der Waals surface area contributed by atoms with Crippen molar-refractivity contribution in [2.45, 2.75) is 51.9 Å². The maximum atomic E-state index is 13.0. The Morgan fingerprint density at radius 1 is 1.06 bits per heavy atom. The van der Waals surface area contributed by atoms with E-state index in [1.54, 1.807) is 18.2 Å². The number of amides is 1. The molecule has 1 aliphatic carbocycles. The standard InChI is InChI=1S/C25H28Cl2N4OS/c1-2-3-8-21-28-23(22-17-6-4-5-7-20(17)33-24(22)29-21)30-11-13-31(14-12-30)25(32)16-9-10-18(26)19(27)15-16/h9-10,15H,2-8,11-14H2,1H3. The predicted molar refractivity (Wildman–Crippen MR) is 137 cm³/mol. The molecule has 0 radical (unpaired) electrons. The Hall–Kier alpha value is -1.89. The Morgan fingerprint density at radius 2 is 1.85 bits per heavy atom. The lowest BCUT2D eigenvalue weighted by molar-refractivity contribution is 0.0746. The summed E-state index contributed by atoms with van der Waals surface area (Å²) in [6.07, 6.45) is 7.93. The van der Waals surface area contributed by atoms with E-state index in [0.29, 0.717) is 28.7 Å². The fraction of sp³-hybridized carbons (Fsp3) is 0.480. The summed E-state index contributed by atoms with van der Waals surface area (Å²) in [6, 6.07) is 5.08. The zero-order valence-corrected chi connectivity index (χ0v) is 21.2. The molecule has 0 atom stereocenters. The lowest BCUT2D eigenvalue weighted by atomic mass is 9.96. The number of anilines is 1. The van der Waals surface area contributed by atoms with Crippen LogP contribution in [0.5, 0.6) is 0 Å². The van der Waals surface area contributed by atoms with E-state index in [-0.39, 0.29) is 5.91 Å². The van der Waals surface area contributed by atoms with Gasteiger partial charge in [-0.15, -0.1) is 11.3 Å². The zero-order chi connectivity index (χ0) is 22.9. The molecule has 0 unspecified atom stereocenters. The van der Waals surface area contributed by atoms with E-state index < -0.39 is 0 Å². The van der Waals surface area contributed by atoms with Crippen molar-refractivity contribution < 1.29 is 4.79 Å². The van der Waals surface area contributed by atoms with Crippen molar-refractivity contribution in [2.24, 2.45) is 0 Å². The summed E-state index contributed by atoms with van der Waals surface area (Å²) in [5, 5.41) is 2.13. The molecule has 5 nitrogen and oxygen atoms in total. The molecule has 2 aliphatic rings. The number of piperazine rings is 1. The zero-order valence-electron chi connectivity index (χ0n) is 18.9. The van der Waals surface area contributed by atoms with E-state index in [1.165, 1.54) is 28.7 Å². The highest BCUT2D eigenvalue weighted by atomic mass is 35.5. The molecule has 33 heavy (non-hydrogen) atoms. The van der Waals surface area contributed by atoms with Crippen LogP contribution in [0.15, 0.2) is 18.2 Å². The normalized spacial score (nSPS) is 16.3. The second kappa shape index (κ2) is 9.77. The van der Waals surface area contributed by atoms with Gasteiger partial charge in [-0.05, 0) is 55.9 Å². The minimum absolute atomic E-state index is 0.00222. The number of carbonyl (C=O) groups excluding carboxylic acids is 1. The first-order chi connectivity index (χ1) is 16.0. The molecule has 0 N–H and O–H groups in total.